The molecule has 0 unspecified atom stereocenters. The Morgan fingerprint density at radius 1 is 1.53 bits per heavy atom. The zero-order valence-corrected chi connectivity index (χ0v) is 11.5. The second kappa shape index (κ2) is 5.71. The summed E-state index contributed by atoms with van der Waals surface area (Å²) in [6, 6.07) is 7.67. The first-order valence-corrected chi connectivity index (χ1v) is 6.49. The Balaban J connectivity index is 2.06. The molecule has 0 amide bonds. The molecule has 0 atom stereocenters. The van der Waals surface area contributed by atoms with E-state index in [9.17, 15) is 4.79 Å². The molecule has 2 aromatic rings. The Hall–Kier alpha value is -2.08. The van der Waals surface area contributed by atoms with Crippen LogP contribution >= 0.6 is 11.3 Å². The fourth-order valence-electron chi connectivity index (χ4n) is 1.63. The van der Waals surface area contributed by atoms with Gasteiger partial charge in [-0.25, -0.2) is 9.78 Å². The van der Waals surface area contributed by atoms with Gasteiger partial charge in [-0.1, -0.05) is 12.1 Å². The number of hydrogen-bond acceptors (Lipinski definition) is 5. The molecular formula is C13H14N2O3S. The molecular weight excluding hydrogens is 264 g/mol. The normalized spacial score (nSPS) is 10.2. The first-order valence-electron chi connectivity index (χ1n) is 5.67. The van der Waals surface area contributed by atoms with Gasteiger partial charge in [-0.3, -0.25) is 0 Å². The molecule has 2 rings (SSSR count). The molecule has 0 saturated heterocycles. The number of hydrogen-bond donors (Lipinski definition) is 2. The fourth-order valence-corrected chi connectivity index (χ4v) is 2.43. The number of benzene rings is 1. The molecule has 1 heterocycles. The van der Waals surface area contributed by atoms with Crippen LogP contribution in [-0.4, -0.2) is 23.2 Å². The number of nitrogens with zero attached hydrogens (tertiary/aromatic N) is 1. The molecule has 5 nitrogen and oxygen atoms in total. The number of nitrogens with one attached hydrogen (secondary N) is 1. The molecule has 6 heteroatoms. The number of thiazole rings is 1. The van der Waals surface area contributed by atoms with Crippen LogP contribution in [0.15, 0.2) is 24.3 Å². The SMILES string of the molecule is COc1cccc(CNc2nc(C(=O)O)c(C)s2)c1. The molecule has 0 fully saturated rings. The average molecular weight is 278 g/mol. The number of carbonyl (C=O) groups is 1. The highest BCUT2D eigenvalue weighted by Gasteiger charge is 2.13. The van der Waals surface area contributed by atoms with Crippen molar-refractivity contribution in [3.05, 3.63) is 40.4 Å². The number of ether oxygens (including phenoxy) is 1. The van der Waals surface area contributed by atoms with Crippen LogP contribution in [0, 0.1) is 6.92 Å². The summed E-state index contributed by atoms with van der Waals surface area (Å²) in [5.41, 5.74) is 1.15. The van der Waals surface area contributed by atoms with Crippen molar-refractivity contribution in [3.63, 3.8) is 0 Å². The molecule has 2 N–H and O–H groups in total. The highest BCUT2D eigenvalue weighted by atomic mass is 32.1. The van der Waals surface area contributed by atoms with Gasteiger partial charge in [0.2, 0.25) is 0 Å². The van der Waals surface area contributed by atoms with E-state index >= 15 is 0 Å². The number of aryl methyl sites for hydroxylation is 1. The standard InChI is InChI=1S/C13H14N2O3S/c1-8-11(12(16)17)15-13(19-8)14-7-9-4-3-5-10(6-9)18-2/h3-6H,7H2,1-2H3,(H,14,15)(H,16,17). The second-order valence-electron chi connectivity index (χ2n) is 3.93. The molecule has 1 aromatic heterocycles. The van der Waals surface area contributed by atoms with Gasteiger partial charge in [-0.05, 0) is 24.6 Å². The maximum atomic E-state index is 10.9. The van der Waals surface area contributed by atoms with E-state index in [0.717, 1.165) is 11.3 Å². The number of anilines is 1. The maximum absolute atomic E-state index is 10.9. The lowest BCUT2D eigenvalue weighted by atomic mass is 10.2. The fraction of sp³-hybridized carbons (Fsp3) is 0.231. The summed E-state index contributed by atoms with van der Waals surface area (Å²) >= 11 is 1.34. The van der Waals surface area contributed by atoms with E-state index in [0.29, 0.717) is 16.6 Å². The molecule has 19 heavy (non-hydrogen) atoms. The van der Waals surface area contributed by atoms with Crippen molar-refractivity contribution in [2.45, 2.75) is 13.5 Å². The first-order chi connectivity index (χ1) is 9.10. The van der Waals surface area contributed by atoms with E-state index in [1.54, 1.807) is 14.0 Å². The number of rotatable bonds is 5. The van der Waals surface area contributed by atoms with Crippen LogP contribution < -0.4 is 10.1 Å². The monoisotopic (exact) mass is 278 g/mol. The van der Waals surface area contributed by atoms with Gasteiger partial charge >= 0.3 is 5.97 Å². The van der Waals surface area contributed by atoms with E-state index in [1.165, 1.54) is 11.3 Å². The van der Waals surface area contributed by atoms with Crippen molar-refractivity contribution < 1.29 is 14.6 Å². The van der Waals surface area contributed by atoms with Crippen LogP contribution in [0.3, 0.4) is 0 Å². The van der Waals surface area contributed by atoms with E-state index in [1.807, 2.05) is 24.3 Å². The number of carboxylic acids is 1. The van der Waals surface area contributed by atoms with Gasteiger partial charge in [-0.15, -0.1) is 11.3 Å². The zero-order valence-electron chi connectivity index (χ0n) is 10.6. The zero-order chi connectivity index (χ0) is 13.8. The minimum Gasteiger partial charge on any atom is -0.497 e. The van der Waals surface area contributed by atoms with Crippen molar-refractivity contribution in [1.82, 2.24) is 4.98 Å². The number of carboxylic acid groups (broad SMARTS) is 1. The van der Waals surface area contributed by atoms with Gasteiger partial charge in [-0.2, -0.15) is 0 Å². The Bertz CT molecular complexity index is 595. The van der Waals surface area contributed by atoms with E-state index in [2.05, 4.69) is 10.3 Å². The van der Waals surface area contributed by atoms with E-state index in [4.69, 9.17) is 9.84 Å². The molecule has 1 aromatic carbocycles. The van der Waals surface area contributed by atoms with Crippen molar-refractivity contribution in [2.24, 2.45) is 0 Å². The average Bonchev–Trinajstić information content (AvgIpc) is 2.78. The van der Waals surface area contributed by atoms with Crippen LogP contribution in [0.25, 0.3) is 0 Å². The van der Waals surface area contributed by atoms with Crippen molar-refractivity contribution >= 4 is 22.4 Å². The molecule has 0 aliphatic carbocycles. The smallest absolute Gasteiger partial charge is 0.355 e. The number of methoxy groups -OCH3 is 1. The summed E-state index contributed by atoms with van der Waals surface area (Å²) in [7, 11) is 1.62. The number of aromatic carboxylic acids is 1. The predicted octanol–water partition coefficient (Wildman–Crippen LogP) is 2.77. The van der Waals surface area contributed by atoms with Crippen LogP contribution in [0.5, 0.6) is 5.75 Å². The van der Waals surface area contributed by atoms with Gasteiger partial charge in [0.15, 0.2) is 10.8 Å². The van der Waals surface area contributed by atoms with E-state index < -0.39 is 5.97 Å². The number of aromatic nitrogens is 1. The molecule has 0 spiro atoms. The van der Waals surface area contributed by atoms with Crippen LogP contribution in [0.2, 0.25) is 0 Å². The van der Waals surface area contributed by atoms with Crippen LogP contribution in [0.1, 0.15) is 20.9 Å². The summed E-state index contributed by atoms with van der Waals surface area (Å²) in [6.45, 7) is 2.32. The summed E-state index contributed by atoms with van der Waals surface area (Å²) in [6.07, 6.45) is 0. The Labute approximate surface area is 114 Å². The summed E-state index contributed by atoms with van der Waals surface area (Å²) in [4.78, 5) is 15.6. The molecule has 0 saturated carbocycles. The van der Waals surface area contributed by atoms with Gasteiger partial charge in [0.25, 0.3) is 0 Å². The Morgan fingerprint density at radius 3 is 2.95 bits per heavy atom. The van der Waals surface area contributed by atoms with Gasteiger partial charge in [0.1, 0.15) is 5.75 Å². The lowest BCUT2D eigenvalue weighted by Gasteiger charge is -2.05. The third-order valence-electron chi connectivity index (χ3n) is 2.58. The molecule has 0 aliphatic rings. The van der Waals surface area contributed by atoms with Crippen molar-refractivity contribution in [1.29, 1.82) is 0 Å². The maximum Gasteiger partial charge on any atom is 0.355 e. The quantitative estimate of drug-likeness (QED) is 0.880. The lowest BCUT2D eigenvalue weighted by molar-refractivity contribution is 0.0690. The molecule has 0 radical (unpaired) electrons. The van der Waals surface area contributed by atoms with Gasteiger partial charge < -0.3 is 15.2 Å². The van der Waals surface area contributed by atoms with Gasteiger partial charge in [0.05, 0.1) is 7.11 Å². The van der Waals surface area contributed by atoms with Gasteiger partial charge in [0, 0.05) is 11.4 Å². The van der Waals surface area contributed by atoms with Crippen molar-refractivity contribution in [2.75, 3.05) is 12.4 Å². The second-order valence-corrected chi connectivity index (χ2v) is 5.14. The van der Waals surface area contributed by atoms with Crippen LogP contribution in [0.4, 0.5) is 5.13 Å². The van der Waals surface area contributed by atoms with Crippen molar-refractivity contribution in [3.8, 4) is 5.75 Å². The van der Waals surface area contributed by atoms with E-state index in [-0.39, 0.29) is 5.69 Å². The highest BCUT2D eigenvalue weighted by Crippen LogP contribution is 2.23. The highest BCUT2D eigenvalue weighted by molar-refractivity contribution is 7.15. The predicted molar refractivity (Wildman–Crippen MR) is 74.1 cm³/mol. The molecule has 0 bridgehead atoms. The first kappa shape index (κ1) is 13.4. The summed E-state index contributed by atoms with van der Waals surface area (Å²) in [5.74, 6) is -0.205. The molecule has 0 aliphatic heterocycles. The topological polar surface area (TPSA) is 71.5 Å². The third-order valence-corrected chi connectivity index (χ3v) is 3.51. The molecule has 100 valence electrons. The summed E-state index contributed by atoms with van der Waals surface area (Å²) in [5, 5.41) is 12.7. The summed E-state index contributed by atoms with van der Waals surface area (Å²) < 4.78 is 5.14. The minimum atomic E-state index is -0.997. The lowest BCUT2D eigenvalue weighted by Crippen LogP contribution is -2.01. The largest absolute Gasteiger partial charge is 0.497 e. The van der Waals surface area contributed by atoms with Crippen LogP contribution in [-0.2, 0) is 6.54 Å². The Kier molecular flexibility index (Phi) is 4.01. The minimum absolute atomic E-state index is 0.109. The Morgan fingerprint density at radius 2 is 2.32 bits per heavy atom. The third kappa shape index (κ3) is 3.23.